The molecule has 1 saturated heterocycles. The minimum atomic E-state index is 0.302. The van der Waals surface area contributed by atoms with E-state index in [-0.39, 0.29) is 0 Å². The molecule has 3 N–H and O–H groups in total. The van der Waals surface area contributed by atoms with E-state index in [2.05, 4.69) is 36.1 Å². The maximum absolute atomic E-state index is 5.55. The summed E-state index contributed by atoms with van der Waals surface area (Å²) in [7, 11) is 0. The number of hydrogen-bond acceptors (Lipinski definition) is 5. The number of nitrogen functional groups attached to an aromatic ring is 1. The van der Waals surface area contributed by atoms with Gasteiger partial charge in [-0.3, -0.25) is 0 Å². The number of rotatable bonds is 5. The fourth-order valence-corrected chi connectivity index (χ4v) is 2.87. The van der Waals surface area contributed by atoms with Crippen LogP contribution in [0.4, 0.5) is 11.6 Å². The van der Waals surface area contributed by atoms with E-state index >= 15 is 0 Å². The highest BCUT2D eigenvalue weighted by molar-refractivity contribution is 5.50. The van der Waals surface area contributed by atoms with Crippen molar-refractivity contribution in [1.82, 2.24) is 9.97 Å². The second-order valence-electron chi connectivity index (χ2n) is 5.90. The first-order valence-electron chi connectivity index (χ1n) is 7.78. The van der Waals surface area contributed by atoms with Crippen LogP contribution in [0.15, 0.2) is 6.07 Å². The Labute approximate surface area is 121 Å². The zero-order valence-corrected chi connectivity index (χ0v) is 12.9. The van der Waals surface area contributed by atoms with Gasteiger partial charge in [-0.25, -0.2) is 15.8 Å². The van der Waals surface area contributed by atoms with E-state index in [4.69, 9.17) is 10.8 Å². The van der Waals surface area contributed by atoms with Gasteiger partial charge in [-0.05, 0) is 25.7 Å². The fraction of sp³-hybridized carbons (Fsp3) is 0.733. The zero-order chi connectivity index (χ0) is 14.5. The van der Waals surface area contributed by atoms with Crippen molar-refractivity contribution in [3.8, 4) is 0 Å². The van der Waals surface area contributed by atoms with Crippen LogP contribution in [-0.4, -0.2) is 22.6 Å². The maximum atomic E-state index is 5.55. The Balaban J connectivity index is 2.31. The van der Waals surface area contributed by atoms with Crippen LogP contribution in [0.1, 0.15) is 64.6 Å². The number of aromatic nitrogens is 2. The summed E-state index contributed by atoms with van der Waals surface area (Å²) in [6, 6.07) is 2.58. The highest BCUT2D eigenvalue weighted by Crippen LogP contribution is 2.28. The van der Waals surface area contributed by atoms with Crippen molar-refractivity contribution in [3.63, 3.8) is 0 Å². The van der Waals surface area contributed by atoms with E-state index in [1.54, 1.807) is 0 Å². The van der Waals surface area contributed by atoms with Gasteiger partial charge in [0.1, 0.15) is 17.5 Å². The van der Waals surface area contributed by atoms with Gasteiger partial charge in [0.25, 0.3) is 0 Å². The van der Waals surface area contributed by atoms with Crippen LogP contribution in [0.3, 0.4) is 0 Å². The van der Waals surface area contributed by atoms with Crippen molar-refractivity contribution in [2.45, 2.75) is 64.8 Å². The molecular formula is C15H27N5. The van der Waals surface area contributed by atoms with Gasteiger partial charge in [0, 0.05) is 24.6 Å². The van der Waals surface area contributed by atoms with Gasteiger partial charge in [-0.15, -0.1) is 0 Å². The molecule has 1 atom stereocenters. The summed E-state index contributed by atoms with van der Waals surface area (Å²) in [6.07, 6.45) is 6.27. The van der Waals surface area contributed by atoms with Crippen LogP contribution in [0.2, 0.25) is 0 Å². The number of hydrogen-bond donors (Lipinski definition) is 2. The molecule has 0 bridgehead atoms. The summed E-state index contributed by atoms with van der Waals surface area (Å²) in [4.78, 5) is 11.6. The molecule has 0 amide bonds. The first kappa shape index (κ1) is 15.0. The third kappa shape index (κ3) is 3.39. The number of hydrazine groups is 1. The topological polar surface area (TPSA) is 67.1 Å². The molecule has 2 rings (SSSR count). The highest BCUT2D eigenvalue weighted by atomic mass is 15.3. The smallest absolute Gasteiger partial charge is 0.145 e. The summed E-state index contributed by atoms with van der Waals surface area (Å²) in [5, 5.41) is 0. The molecule has 5 heteroatoms. The van der Waals surface area contributed by atoms with E-state index in [1.165, 1.54) is 32.1 Å². The third-order valence-electron chi connectivity index (χ3n) is 3.94. The van der Waals surface area contributed by atoms with Gasteiger partial charge >= 0.3 is 0 Å². The van der Waals surface area contributed by atoms with Crippen LogP contribution in [0, 0.1) is 0 Å². The minimum Gasteiger partial charge on any atom is -0.353 e. The Morgan fingerprint density at radius 3 is 2.85 bits per heavy atom. The quantitative estimate of drug-likeness (QED) is 0.639. The van der Waals surface area contributed by atoms with Gasteiger partial charge in [0.05, 0.1) is 0 Å². The van der Waals surface area contributed by atoms with Gasteiger partial charge in [-0.2, -0.15) is 0 Å². The summed E-state index contributed by atoms with van der Waals surface area (Å²) in [6.45, 7) is 7.56. The van der Waals surface area contributed by atoms with Crippen molar-refractivity contribution < 1.29 is 0 Å². The summed E-state index contributed by atoms with van der Waals surface area (Å²) < 4.78 is 0. The fourth-order valence-electron chi connectivity index (χ4n) is 2.87. The molecule has 0 saturated carbocycles. The van der Waals surface area contributed by atoms with Crippen molar-refractivity contribution in [1.29, 1.82) is 0 Å². The second kappa shape index (κ2) is 6.88. The first-order chi connectivity index (χ1) is 9.65. The molecule has 1 aromatic heterocycles. The lowest BCUT2D eigenvalue weighted by Crippen LogP contribution is -2.40. The normalized spacial score (nSPS) is 19.4. The van der Waals surface area contributed by atoms with Gasteiger partial charge in [-0.1, -0.05) is 27.2 Å². The number of nitrogens with one attached hydrogen (secondary N) is 1. The molecule has 1 aliphatic rings. The van der Waals surface area contributed by atoms with Crippen LogP contribution >= 0.6 is 0 Å². The van der Waals surface area contributed by atoms with E-state index in [0.29, 0.717) is 17.8 Å². The molecule has 112 valence electrons. The average Bonchev–Trinajstić information content (AvgIpc) is 2.47. The molecule has 1 aromatic rings. The van der Waals surface area contributed by atoms with Crippen molar-refractivity contribution in [3.05, 3.63) is 11.9 Å². The Kier molecular flexibility index (Phi) is 5.17. The largest absolute Gasteiger partial charge is 0.353 e. The first-order valence-corrected chi connectivity index (χ1v) is 7.78. The van der Waals surface area contributed by atoms with Gasteiger partial charge in [0.2, 0.25) is 0 Å². The lowest BCUT2D eigenvalue weighted by molar-refractivity contribution is 0.431. The number of nitrogens with zero attached hydrogens (tertiary/aromatic N) is 3. The molecule has 1 aliphatic heterocycles. The predicted molar refractivity (Wildman–Crippen MR) is 83.8 cm³/mol. The summed E-state index contributed by atoms with van der Waals surface area (Å²) in [5.74, 6) is 8.44. The minimum absolute atomic E-state index is 0.302. The van der Waals surface area contributed by atoms with E-state index < -0.39 is 0 Å². The standard InChI is InChI=1S/C15H27N5/c1-4-7-12-8-5-6-9-20(12)14-10-13(19-16)17-15(18-14)11(2)3/h10-12H,4-9,16H2,1-3H3,(H,17,18,19). The Morgan fingerprint density at radius 2 is 2.20 bits per heavy atom. The maximum Gasteiger partial charge on any atom is 0.145 e. The Bertz CT molecular complexity index is 430. The predicted octanol–water partition coefficient (Wildman–Crippen LogP) is 3.04. The molecule has 0 spiro atoms. The zero-order valence-electron chi connectivity index (χ0n) is 12.9. The van der Waals surface area contributed by atoms with Crippen LogP contribution < -0.4 is 16.2 Å². The van der Waals surface area contributed by atoms with Crippen molar-refractivity contribution in [2.75, 3.05) is 16.9 Å². The molecule has 0 radical (unpaired) electrons. The number of nitrogens with two attached hydrogens (primary N) is 1. The molecule has 20 heavy (non-hydrogen) atoms. The molecule has 1 unspecified atom stereocenters. The van der Waals surface area contributed by atoms with Gasteiger partial charge in [0.15, 0.2) is 0 Å². The number of anilines is 2. The molecule has 2 heterocycles. The molecule has 0 aliphatic carbocycles. The SMILES string of the molecule is CCCC1CCCCN1c1cc(NN)nc(C(C)C)n1. The number of piperidine rings is 1. The van der Waals surface area contributed by atoms with Crippen LogP contribution in [0.25, 0.3) is 0 Å². The Hall–Kier alpha value is -1.36. The third-order valence-corrected chi connectivity index (χ3v) is 3.94. The molecular weight excluding hydrogens is 250 g/mol. The van der Waals surface area contributed by atoms with Crippen LogP contribution in [0.5, 0.6) is 0 Å². The summed E-state index contributed by atoms with van der Waals surface area (Å²) >= 11 is 0. The molecule has 0 aromatic carbocycles. The van der Waals surface area contributed by atoms with Crippen molar-refractivity contribution >= 4 is 11.6 Å². The second-order valence-corrected chi connectivity index (χ2v) is 5.90. The molecule has 1 fully saturated rings. The van der Waals surface area contributed by atoms with Crippen LogP contribution in [-0.2, 0) is 0 Å². The van der Waals surface area contributed by atoms with E-state index in [0.717, 1.165) is 18.2 Å². The molecule has 5 nitrogen and oxygen atoms in total. The monoisotopic (exact) mass is 277 g/mol. The van der Waals surface area contributed by atoms with E-state index in [1.807, 2.05) is 6.07 Å². The highest BCUT2D eigenvalue weighted by Gasteiger charge is 2.24. The lowest BCUT2D eigenvalue weighted by Gasteiger charge is -2.37. The lowest BCUT2D eigenvalue weighted by atomic mass is 9.98. The summed E-state index contributed by atoms with van der Waals surface area (Å²) in [5.41, 5.74) is 2.67. The van der Waals surface area contributed by atoms with Crippen molar-refractivity contribution in [2.24, 2.45) is 5.84 Å². The van der Waals surface area contributed by atoms with E-state index in [9.17, 15) is 0 Å². The van der Waals surface area contributed by atoms with Gasteiger partial charge < -0.3 is 10.3 Å². The Morgan fingerprint density at radius 1 is 1.40 bits per heavy atom. The average molecular weight is 277 g/mol.